The first-order valence-electron chi connectivity index (χ1n) is 4.48. The Kier molecular flexibility index (Phi) is 5.25. The number of halogens is 1. The van der Waals surface area contributed by atoms with E-state index >= 15 is 0 Å². The van der Waals surface area contributed by atoms with Crippen LogP contribution in [0, 0.1) is 0 Å². The first-order chi connectivity index (χ1) is 6.81. The average molecular weight is 276 g/mol. The van der Waals surface area contributed by atoms with Crippen LogP contribution < -0.4 is 4.90 Å². The highest BCUT2D eigenvalue weighted by molar-refractivity contribution is 9.09. The summed E-state index contributed by atoms with van der Waals surface area (Å²) in [5.74, 6) is 1.01. The molecule has 0 aliphatic heterocycles. The van der Waals surface area contributed by atoms with E-state index in [0.717, 1.165) is 29.3 Å². The van der Waals surface area contributed by atoms with Gasteiger partial charge in [0.2, 0.25) is 0 Å². The van der Waals surface area contributed by atoms with E-state index in [1.165, 1.54) is 0 Å². The van der Waals surface area contributed by atoms with Crippen LogP contribution >= 0.6 is 27.7 Å². The van der Waals surface area contributed by atoms with Crippen LogP contribution in [0.2, 0.25) is 0 Å². The molecule has 5 heteroatoms. The maximum atomic E-state index is 4.26. The van der Waals surface area contributed by atoms with Gasteiger partial charge in [0.25, 0.3) is 0 Å². The number of nitrogens with zero attached hydrogens (tertiary/aromatic N) is 3. The van der Waals surface area contributed by atoms with Crippen molar-refractivity contribution in [3.8, 4) is 0 Å². The van der Waals surface area contributed by atoms with Crippen molar-refractivity contribution < 1.29 is 0 Å². The molecule has 0 N–H and O–H groups in total. The second-order valence-corrected chi connectivity index (χ2v) is 4.31. The van der Waals surface area contributed by atoms with Gasteiger partial charge in [-0.2, -0.15) is 0 Å². The van der Waals surface area contributed by atoms with Crippen LogP contribution in [0.25, 0.3) is 0 Å². The highest BCUT2D eigenvalue weighted by Gasteiger charge is 2.05. The molecule has 0 atom stereocenters. The molecule has 0 saturated carbocycles. The van der Waals surface area contributed by atoms with Crippen LogP contribution in [0.5, 0.6) is 0 Å². The lowest BCUT2D eigenvalue weighted by Gasteiger charge is -2.20. The van der Waals surface area contributed by atoms with Gasteiger partial charge in [0, 0.05) is 24.5 Å². The van der Waals surface area contributed by atoms with Gasteiger partial charge in [-0.1, -0.05) is 15.9 Å². The maximum Gasteiger partial charge on any atom is 0.133 e. The number of aromatic nitrogens is 2. The van der Waals surface area contributed by atoms with Crippen LogP contribution in [0.3, 0.4) is 0 Å². The van der Waals surface area contributed by atoms with E-state index in [9.17, 15) is 0 Å². The van der Waals surface area contributed by atoms with Gasteiger partial charge in [0.15, 0.2) is 0 Å². The van der Waals surface area contributed by atoms with E-state index in [2.05, 4.69) is 37.7 Å². The van der Waals surface area contributed by atoms with Crippen molar-refractivity contribution in [1.82, 2.24) is 9.97 Å². The van der Waals surface area contributed by atoms with Gasteiger partial charge < -0.3 is 4.90 Å². The van der Waals surface area contributed by atoms with Crippen molar-refractivity contribution in [2.24, 2.45) is 0 Å². The fourth-order valence-corrected chi connectivity index (χ4v) is 1.96. The Hall–Kier alpha value is -0.290. The summed E-state index contributed by atoms with van der Waals surface area (Å²) >= 11 is 5.07. The lowest BCUT2D eigenvalue weighted by molar-refractivity contribution is 0.840. The Morgan fingerprint density at radius 3 is 2.86 bits per heavy atom. The smallest absolute Gasteiger partial charge is 0.133 e. The van der Waals surface area contributed by atoms with E-state index in [1.807, 2.05) is 12.3 Å². The molecule has 0 fully saturated rings. The summed E-state index contributed by atoms with van der Waals surface area (Å²) in [5.41, 5.74) is 0. The minimum absolute atomic E-state index is 0.958. The molecule has 0 unspecified atom stereocenters. The van der Waals surface area contributed by atoms with Crippen molar-refractivity contribution >= 4 is 33.5 Å². The SMILES string of the molecule is CCN(CCBr)c1cc(SC)ncn1. The predicted molar refractivity (Wildman–Crippen MR) is 65.5 cm³/mol. The van der Waals surface area contributed by atoms with Crippen molar-refractivity contribution in [3.05, 3.63) is 12.4 Å². The minimum Gasteiger partial charge on any atom is -0.356 e. The summed E-state index contributed by atoms with van der Waals surface area (Å²) in [6.45, 7) is 4.07. The van der Waals surface area contributed by atoms with E-state index in [-0.39, 0.29) is 0 Å². The molecule has 1 heterocycles. The molecule has 0 aromatic carbocycles. The molecule has 0 saturated heterocycles. The molecule has 3 nitrogen and oxygen atoms in total. The Morgan fingerprint density at radius 2 is 2.29 bits per heavy atom. The molecule has 0 radical (unpaired) electrons. The third kappa shape index (κ3) is 3.13. The molecule has 1 aromatic heterocycles. The fourth-order valence-electron chi connectivity index (χ4n) is 1.15. The van der Waals surface area contributed by atoms with Crippen LogP contribution in [0.1, 0.15) is 6.92 Å². The zero-order valence-corrected chi connectivity index (χ0v) is 10.8. The highest BCUT2D eigenvalue weighted by atomic mass is 79.9. The molecule has 14 heavy (non-hydrogen) atoms. The number of hydrogen-bond acceptors (Lipinski definition) is 4. The van der Waals surface area contributed by atoms with Crippen molar-refractivity contribution in [1.29, 1.82) is 0 Å². The normalized spacial score (nSPS) is 10.2. The highest BCUT2D eigenvalue weighted by Crippen LogP contribution is 2.16. The van der Waals surface area contributed by atoms with Crippen molar-refractivity contribution in [2.45, 2.75) is 11.9 Å². The van der Waals surface area contributed by atoms with E-state index in [1.54, 1.807) is 18.1 Å². The molecule has 1 rings (SSSR count). The Morgan fingerprint density at radius 1 is 1.50 bits per heavy atom. The number of anilines is 1. The summed E-state index contributed by atoms with van der Waals surface area (Å²) < 4.78 is 0. The monoisotopic (exact) mass is 275 g/mol. The lowest BCUT2D eigenvalue weighted by atomic mass is 10.4. The molecular formula is C9H14BrN3S. The summed E-state index contributed by atoms with van der Waals surface area (Å²) in [6.07, 6.45) is 3.64. The van der Waals surface area contributed by atoms with Gasteiger partial charge in [-0.3, -0.25) is 0 Å². The maximum absolute atomic E-state index is 4.26. The van der Waals surface area contributed by atoms with E-state index < -0.39 is 0 Å². The number of hydrogen-bond donors (Lipinski definition) is 0. The minimum atomic E-state index is 0.958. The largest absolute Gasteiger partial charge is 0.356 e. The van der Waals surface area contributed by atoms with Gasteiger partial charge in [-0.25, -0.2) is 9.97 Å². The Bertz CT molecular complexity index is 283. The predicted octanol–water partition coefficient (Wildman–Crippen LogP) is 2.42. The van der Waals surface area contributed by atoms with Crippen LogP contribution in [-0.2, 0) is 0 Å². The van der Waals surface area contributed by atoms with Crippen molar-refractivity contribution in [2.75, 3.05) is 29.6 Å². The van der Waals surface area contributed by atoms with Gasteiger partial charge in [0.1, 0.15) is 17.2 Å². The first-order valence-corrected chi connectivity index (χ1v) is 6.83. The molecule has 78 valence electrons. The summed E-state index contributed by atoms with van der Waals surface area (Å²) in [6, 6.07) is 2.02. The number of rotatable bonds is 5. The number of alkyl halides is 1. The molecular weight excluding hydrogens is 262 g/mol. The molecule has 0 bridgehead atoms. The Labute approximate surface area is 97.4 Å². The molecule has 0 aliphatic carbocycles. The first kappa shape index (κ1) is 11.8. The summed E-state index contributed by atoms with van der Waals surface area (Å²) in [7, 11) is 0. The van der Waals surface area contributed by atoms with E-state index in [0.29, 0.717) is 0 Å². The zero-order valence-electron chi connectivity index (χ0n) is 8.40. The van der Waals surface area contributed by atoms with Gasteiger partial charge >= 0.3 is 0 Å². The van der Waals surface area contributed by atoms with E-state index in [4.69, 9.17) is 0 Å². The molecule has 0 spiro atoms. The third-order valence-electron chi connectivity index (χ3n) is 1.90. The quantitative estimate of drug-likeness (QED) is 0.469. The van der Waals surface area contributed by atoms with Gasteiger partial charge in [-0.15, -0.1) is 11.8 Å². The molecule has 0 aliphatic rings. The second-order valence-electron chi connectivity index (χ2n) is 2.69. The Balaban J connectivity index is 2.80. The fraction of sp³-hybridized carbons (Fsp3) is 0.556. The van der Waals surface area contributed by atoms with Crippen LogP contribution in [-0.4, -0.2) is 34.6 Å². The summed E-state index contributed by atoms with van der Waals surface area (Å²) in [5, 5.41) is 1.97. The summed E-state index contributed by atoms with van der Waals surface area (Å²) in [4.78, 5) is 10.6. The van der Waals surface area contributed by atoms with Gasteiger partial charge in [-0.05, 0) is 13.2 Å². The lowest BCUT2D eigenvalue weighted by Crippen LogP contribution is -2.25. The van der Waals surface area contributed by atoms with Crippen LogP contribution in [0.15, 0.2) is 17.4 Å². The number of thioether (sulfide) groups is 1. The van der Waals surface area contributed by atoms with Gasteiger partial charge in [0.05, 0.1) is 0 Å². The molecule has 0 amide bonds. The average Bonchev–Trinajstić information content (AvgIpc) is 2.26. The second kappa shape index (κ2) is 6.24. The molecule has 1 aromatic rings. The zero-order chi connectivity index (χ0) is 10.4. The van der Waals surface area contributed by atoms with Crippen molar-refractivity contribution in [3.63, 3.8) is 0 Å². The third-order valence-corrected chi connectivity index (χ3v) is 2.89. The van der Waals surface area contributed by atoms with Crippen LogP contribution in [0.4, 0.5) is 5.82 Å². The topological polar surface area (TPSA) is 29.0 Å². The standard InChI is InChI=1S/C9H14BrN3S/c1-3-13(5-4-10)8-6-9(14-2)12-7-11-8/h6-7H,3-5H2,1-2H3.